The Bertz CT molecular complexity index is 655. The van der Waals surface area contributed by atoms with Crippen molar-refractivity contribution >= 4 is 33.3 Å². The number of piperidine rings is 1. The second-order valence-electron chi connectivity index (χ2n) is 5.21. The zero-order valence-electron chi connectivity index (χ0n) is 11.9. The predicted molar refractivity (Wildman–Crippen MR) is 82.5 cm³/mol. The Balaban J connectivity index is 1.84. The van der Waals surface area contributed by atoms with E-state index in [4.69, 9.17) is 5.11 Å². The molecule has 6 nitrogen and oxygen atoms in total. The molecule has 2 N–H and O–H groups in total. The van der Waals surface area contributed by atoms with Gasteiger partial charge in [-0.05, 0) is 30.7 Å². The van der Waals surface area contributed by atoms with Crippen molar-refractivity contribution in [3.05, 3.63) is 17.3 Å². The van der Waals surface area contributed by atoms with Gasteiger partial charge in [-0.1, -0.05) is 0 Å². The number of aliphatic hydroxyl groups excluding tert-OH is 1. The Labute approximate surface area is 126 Å². The third-order valence-corrected chi connectivity index (χ3v) is 4.77. The van der Waals surface area contributed by atoms with Gasteiger partial charge in [0, 0.05) is 13.1 Å². The summed E-state index contributed by atoms with van der Waals surface area (Å²) in [6.45, 7) is 3.13. The summed E-state index contributed by atoms with van der Waals surface area (Å²) in [5, 5.41) is 15.3. The quantitative estimate of drug-likeness (QED) is 0.892. The average Bonchev–Trinajstić information content (AvgIpc) is 2.86. The number of amides is 1. The molecule has 2 aromatic heterocycles. The van der Waals surface area contributed by atoms with E-state index in [0.717, 1.165) is 34.4 Å². The predicted octanol–water partition coefficient (Wildman–Crippen LogP) is 1.39. The molecule has 2 aromatic rings. The number of rotatable bonds is 4. The molecule has 1 unspecified atom stereocenters. The van der Waals surface area contributed by atoms with Crippen molar-refractivity contribution in [3.63, 3.8) is 0 Å². The molecule has 3 rings (SSSR count). The summed E-state index contributed by atoms with van der Waals surface area (Å²) in [4.78, 5) is 23.6. The van der Waals surface area contributed by atoms with Crippen molar-refractivity contribution in [1.82, 2.24) is 14.9 Å². The van der Waals surface area contributed by atoms with Crippen LogP contribution in [0.5, 0.6) is 0 Å². The zero-order chi connectivity index (χ0) is 14.8. The van der Waals surface area contributed by atoms with Crippen molar-refractivity contribution < 1.29 is 9.90 Å². The number of carbonyl (C=O) groups excluding carboxylic acids is 1. The molecule has 0 aromatic carbocycles. The van der Waals surface area contributed by atoms with Crippen LogP contribution in [0.4, 0.5) is 5.82 Å². The van der Waals surface area contributed by atoms with Crippen molar-refractivity contribution in [1.29, 1.82) is 0 Å². The average molecular weight is 306 g/mol. The van der Waals surface area contributed by atoms with Crippen LogP contribution >= 0.6 is 11.3 Å². The zero-order valence-corrected chi connectivity index (χ0v) is 12.7. The van der Waals surface area contributed by atoms with Crippen LogP contribution in [0.15, 0.2) is 11.7 Å². The lowest BCUT2D eigenvalue weighted by atomic mass is 10.0. The number of thiophene rings is 1. The Morgan fingerprint density at radius 2 is 2.38 bits per heavy atom. The number of likely N-dealkylation sites (tertiary alicyclic amines) is 1. The molecule has 0 spiro atoms. The van der Waals surface area contributed by atoms with Crippen LogP contribution in [0.25, 0.3) is 10.2 Å². The van der Waals surface area contributed by atoms with Gasteiger partial charge in [0.25, 0.3) is 0 Å². The second-order valence-corrected chi connectivity index (χ2v) is 6.07. The molecule has 1 saturated heterocycles. The standard InChI is InChI=1S/C14H18N4O2S/c1-9-7-21-13-11(9)12(15-8-16-13)17-10-3-2-4-18(5-6-19)14(10)20/h7-8,10,19H,2-6H2,1H3,(H,15,16,17). The van der Waals surface area contributed by atoms with Gasteiger partial charge >= 0.3 is 0 Å². The highest BCUT2D eigenvalue weighted by Crippen LogP contribution is 2.29. The Morgan fingerprint density at radius 3 is 3.19 bits per heavy atom. The van der Waals surface area contributed by atoms with E-state index >= 15 is 0 Å². The number of hydrogen-bond donors (Lipinski definition) is 2. The SMILES string of the molecule is Cc1csc2ncnc(NC3CCCN(CCO)C3=O)c12. The number of hydrogen-bond acceptors (Lipinski definition) is 6. The minimum atomic E-state index is -0.275. The van der Waals surface area contributed by atoms with Gasteiger partial charge in [-0.2, -0.15) is 0 Å². The minimum Gasteiger partial charge on any atom is -0.395 e. The van der Waals surface area contributed by atoms with Gasteiger partial charge in [-0.3, -0.25) is 4.79 Å². The van der Waals surface area contributed by atoms with E-state index in [1.807, 2.05) is 12.3 Å². The van der Waals surface area contributed by atoms with Crippen LogP contribution in [0.2, 0.25) is 0 Å². The fourth-order valence-corrected chi connectivity index (χ4v) is 3.60. The molecule has 1 fully saturated rings. The van der Waals surface area contributed by atoms with E-state index in [2.05, 4.69) is 15.3 Å². The number of β-amino-alcohol motifs (C(OH)–C–C–N with tert-alkyl or cyclic N) is 1. The topological polar surface area (TPSA) is 78.3 Å². The lowest BCUT2D eigenvalue weighted by Crippen LogP contribution is -2.48. The lowest BCUT2D eigenvalue weighted by Gasteiger charge is -2.32. The monoisotopic (exact) mass is 306 g/mol. The number of anilines is 1. The molecule has 0 saturated carbocycles. The molecule has 3 heterocycles. The number of fused-ring (bicyclic) bond motifs is 1. The summed E-state index contributed by atoms with van der Waals surface area (Å²) in [6, 6.07) is -0.275. The molecule has 21 heavy (non-hydrogen) atoms. The highest BCUT2D eigenvalue weighted by atomic mass is 32.1. The molecule has 1 atom stereocenters. The van der Waals surface area contributed by atoms with Crippen LogP contribution < -0.4 is 5.32 Å². The normalized spacial score (nSPS) is 19.2. The van der Waals surface area contributed by atoms with Crippen LogP contribution in [0.3, 0.4) is 0 Å². The summed E-state index contributed by atoms with van der Waals surface area (Å²) in [6.07, 6.45) is 3.25. The molecule has 0 aliphatic carbocycles. The first kappa shape index (κ1) is 14.2. The van der Waals surface area contributed by atoms with Gasteiger partial charge < -0.3 is 15.3 Å². The summed E-state index contributed by atoms with van der Waals surface area (Å²) >= 11 is 1.58. The van der Waals surface area contributed by atoms with Gasteiger partial charge in [-0.15, -0.1) is 11.3 Å². The molecule has 1 aliphatic rings. The molecule has 1 aliphatic heterocycles. The van der Waals surface area contributed by atoms with E-state index < -0.39 is 0 Å². The number of carbonyl (C=O) groups is 1. The smallest absolute Gasteiger partial charge is 0.245 e. The van der Waals surface area contributed by atoms with Gasteiger partial charge in [0.1, 0.15) is 23.0 Å². The molecule has 7 heteroatoms. The molecule has 1 amide bonds. The van der Waals surface area contributed by atoms with Crippen molar-refractivity contribution in [2.45, 2.75) is 25.8 Å². The van der Waals surface area contributed by atoms with Gasteiger partial charge in [-0.25, -0.2) is 9.97 Å². The first-order valence-corrected chi connectivity index (χ1v) is 7.93. The highest BCUT2D eigenvalue weighted by Gasteiger charge is 2.29. The highest BCUT2D eigenvalue weighted by molar-refractivity contribution is 7.17. The first-order chi connectivity index (χ1) is 10.2. The molecular weight excluding hydrogens is 288 g/mol. The van der Waals surface area contributed by atoms with E-state index in [0.29, 0.717) is 13.1 Å². The van der Waals surface area contributed by atoms with Gasteiger partial charge in [0.05, 0.1) is 12.0 Å². The maximum Gasteiger partial charge on any atom is 0.245 e. The summed E-state index contributed by atoms with van der Waals surface area (Å²) in [5.41, 5.74) is 1.12. The maximum atomic E-state index is 12.4. The largest absolute Gasteiger partial charge is 0.395 e. The fraction of sp³-hybridized carbons (Fsp3) is 0.500. The van der Waals surface area contributed by atoms with E-state index in [1.165, 1.54) is 6.33 Å². The number of nitrogens with one attached hydrogen (secondary N) is 1. The third kappa shape index (κ3) is 2.71. The van der Waals surface area contributed by atoms with Crippen molar-refractivity contribution in [2.24, 2.45) is 0 Å². The summed E-state index contributed by atoms with van der Waals surface area (Å²) in [7, 11) is 0. The minimum absolute atomic E-state index is 0.000148. The number of aliphatic hydroxyl groups is 1. The van der Waals surface area contributed by atoms with Crippen LogP contribution in [0.1, 0.15) is 18.4 Å². The van der Waals surface area contributed by atoms with Crippen molar-refractivity contribution in [2.75, 3.05) is 25.0 Å². The maximum absolute atomic E-state index is 12.4. The van der Waals surface area contributed by atoms with Crippen molar-refractivity contribution in [3.8, 4) is 0 Å². The van der Waals surface area contributed by atoms with Crippen LogP contribution in [0, 0.1) is 6.92 Å². The fourth-order valence-electron chi connectivity index (χ4n) is 2.71. The first-order valence-electron chi connectivity index (χ1n) is 7.05. The summed E-state index contributed by atoms with van der Waals surface area (Å²) in [5.74, 6) is 0.762. The molecule has 0 bridgehead atoms. The Morgan fingerprint density at radius 1 is 1.52 bits per heavy atom. The van der Waals surface area contributed by atoms with Gasteiger partial charge in [0.2, 0.25) is 5.91 Å². The number of aryl methyl sites for hydroxylation is 1. The molecular formula is C14H18N4O2S. The third-order valence-electron chi connectivity index (χ3n) is 3.77. The second kappa shape index (κ2) is 5.95. The van der Waals surface area contributed by atoms with Crippen LogP contribution in [-0.2, 0) is 4.79 Å². The number of aromatic nitrogens is 2. The number of nitrogens with zero attached hydrogens (tertiary/aromatic N) is 3. The summed E-state index contributed by atoms with van der Waals surface area (Å²) < 4.78 is 0. The lowest BCUT2D eigenvalue weighted by molar-refractivity contribution is -0.134. The van der Waals surface area contributed by atoms with Crippen LogP contribution in [-0.4, -0.2) is 51.6 Å². The Kier molecular flexibility index (Phi) is 4.03. The van der Waals surface area contributed by atoms with E-state index in [1.54, 1.807) is 16.2 Å². The Hall–Kier alpha value is -1.73. The van der Waals surface area contributed by atoms with Gasteiger partial charge in [0.15, 0.2) is 0 Å². The van der Waals surface area contributed by atoms with E-state index in [9.17, 15) is 4.79 Å². The molecule has 0 radical (unpaired) electrons. The molecule has 112 valence electrons. The van der Waals surface area contributed by atoms with E-state index in [-0.39, 0.29) is 18.6 Å².